The maximum absolute atomic E-state index is 11.3. The quantitative estimate of drug-likeness (QED) is 0.705. The van der Waals surface area contributed by atoms with Crippen molar-refractivity contribution >= 4 is 0 Å². The number of aromatic hydroxyl groups is 1. The molecule has 4 heteroatoms. The third-order valence-electron chi connectivity index (χ3n) is 1.85. The fourth-order valence-corrected chi connectivity index (χ4v) is 1.18. The van der Waals surface area contributed by atoms with Gasteiger partial charge in [-0.3, -0.25) is 4.79 Å². The summed E-state index contributed by atoms with van der Waals surface area (Å²) in [5, 5.41) is 9.07. The van der Waals surface area contributed by atoms with Crippen LogP contribution in [0.3, 0.4) is 0 Å². The van der Waals surface area contributed by atoms with Gasteiger partial charge in [-0.15, -0.1) is 0 Å². The molecule has 14 heavy (non-hydrogen) atoms. The molecule has 0 atom stereocenters. The van der Waals surface area contributed by atoms with Crippen LogP contribution in [0.15, 0.2) is 41.5 Å². The molecule has 0 amide bonds. The molecule has 0 aliphatic carbocycles. The van der Waals surface area contributed by atoms with Gasteiger partial charge in [0.25, 0.3) is 5.56 Å². The number of hydrogen-bond donors (Lipinski definition) is 2. The van der Waals surface area contributed by atoms with Gasteiger partial charge < -0.3 is 10.1 Å². The van der Waals surface area contributed by atoms with E-state index in [4.69, 9.17) is 5.11 Å². The van der Waals surface area contributed by atoms with Crippen molar-refractivity contribution < 1.29 is 5.11 Å². The highest BCUT2D eigenvalue weighted by molar-refractivity contribution is 5.58. The van der Waals surface area contributed by atoms with Crippen molar-refractivity contribution in [2.24, 2.45) is 0 Å². The minimum absolute atomic E-state index is 0.168. The standard InChI is InChI=1S/C10H8N2O2/c13-8-3-1-7(2-4-8)9-10(14)12-6-5-11-9/h1-6,13H,(H,12,14). The minimum atomic E-state index is -0.238. The number of benzene rings is 1. The largest absolute Gasteiger partial charge is 0.508 e. The van der Waals surface area contributed by atoms with Crippen molar-refractivity contribution in [3.63, 3.8) is 0 Å². The molecule has 0 radical (unpaired) electrons. The molecular formula is C10H8N2O2. The maximum Gasteiger partial charge on any atom is 0.274 e. The molecule has 0 fully saturated rings. The van der Waals surface area contributed by atoms with E-state index in [1.165, 1.54) is 24.5 Å². The second-order valence-electron chi connectivity index (χ2n) is 2.81. The molecule has 2 aromatic rings. The molecule has 0 saturated carbocycles. The normalized spacial score (nSPS) is 10.0. The lowest BCUT2D eigenvalue weighted by Crippen LogP contribution is -2.09. The molecule has 0 unspecified atom stereocenters. The Labute approximate surface area is 79.9 Å². The molecule has 4 nitrogen and oxygen atoms in total. The lowest BCUT2D eigenvalue weighted by molar-refractivity contribution is 0.475. The predicted octanol–water partition coefficient (Wildman–Crippen LogP) is 1.14. The van der Waals surface area contributed by atoms with E-state index in [0.29, 0.717) is 11.3 Å². The van der Waals surface area contributed by atoms with Crippen LogP contribution in [0.1, 0.15) is 0 Å². The van der Waals surface area contributed by atoms with Crippen LogP contribution in [0.2, 0.25) is 0 Å². The lowest BCUT2D eigenvalue weighted by atomic mass is 10.1. The van der Waals surface area contributed by atoms with Gasteiger partial charge in [0.05, 0.1) is 0 Å². The summed E-state index contributed by atoms with van der Waals surface area (Å²) in [6.45, 7) is 0. The van der Waals surface area contributed by atoms with Crippen LogP contribution in [-0.4, -0.2) is 15.1 Å². The van der Waals surface area contributed by atoms with E-state index in [1.807, 2.05) is 0 Å². The summed E-state index contributed by atoms with van der Waals surface area (Å²) >= 11 is 0. The number of nitrogens with zero attached hydrogens (tertiary/aromatic N) is 1. The lowest BCUT2D eigenvalue weighted by Gasteiger charge is -1.98. The summed E-state index contributed by atoms with van der Waals surface area (Å²) in [5.74, 6) is 0.168. The average Bonchev–Trinajstić information content (AvgIpc) is 2.20. The van der Waals surface area contributed by atoms with Crippen LogP contribution in [0, 0.1) is 0 Å². The van der Waals surface area contributed by atoms with Gasteiger partial charge in [-0.1, -0.05) is 0 Å². The first-order valence-electron chi connectivity index (χ1n) is 4.10. The Morgan fingerprint density at radius 2 is 1.93 bits per heavy atom. The van der Waals surface area contributed by atoms with Crippen LogP contribution in [0.5, 0.6) is 5.75 Å². The maximum atomic E-state index is 11.3. The van der Waals surface area contributed by atoms with E-state index in [0.717, 1.165) is 0 Å². The van der Waals surface area contributed by atoms with E-state index >= 15 is 0 Å². The Kier molecular flexibility index (Phi) is 2.02. The zero-order valence-electron chi connectivity index (χ0n) is 7.27. The number of rotatable bonds is 1. The summed E-state index contributed by atoms with van der Waals surface area (Å²) < 4.78 is 0. The summed E-state index contributed by atoms with van der Waals surface area (Å²) in [7, 11) is 0. The van der Waals surface area contributed by atoms with Crippen LogP contribution in [-0.2, 0) is 0 Å². The van der Waals surface area contributed by atoms with Crippen molar-refractivity contribution in [3.8, 4) is 17.0 Å². The predicted molar refractivity (Wildman–Crippen MR) is 52.0 cm³/mol. The van der Waals surface area contributed by atoms with E-state index in [-0.39, 0.29) is 11.3 Å². The second kappa shape index (κ2) is 3.33. The monoisotopic (exact) mass is 188 g/mol. The highest BCUT2D eigenvalue weighted by Crippen LogP contribution is 2.16. The Hall–Kier alpha value is -2.10. The average molecular weight is 188 g/mol. The number of H-pyrrole nitrogens is 1. The van der Waals surface area contributed by atoms with Crippen molar-refractivity contribution in [1.29, 1.82) is 0 Å². The van der Waals surface area contributed by atoms with Crippen molar-refractivity contribution in [2.45, 2.75) is 0 Å². The van der Waals surface area contributed by atoms with Crippen LogP contribution in [0.25, 0.3) is 11.3 Å². The molecule has 2 N–H and O–H groups in total. The van der Waals surface area contributed by atoms with E-state index < -0.39 is 0 Å². The number of hydrogen-bond acceptors (Lipinski definition) is 3. The van der Waals surface area contributed by atoms with Gasteiger partial charge in [0.2, 0.25) is 0 Å². The van der Waals surface area contributed by atoms with Crippen LogP contribution >= 0.6 is 0 Å². The Morgan fingerprint density at radius 1 is 1.21 bits per heavy atom. The van der Waals surface area contributed by atoms with E-state index in [9.17, 15) is 4.79 Å². The van der Waals surface area contributed by atoms with Crippen LogP contribution < -0.4 is 5.56 Å². The first-order valence-corrected chi connectivity index (χ1v) is 4.10. The van der Waals surface area contributed by atoms with Gasteiger partial charge >= 0.3 is 0 Å². The van der Waals surface area contributed by atoms with Gasteiger partial charge in [0.15, 0.2) is 0 Å². The molecule has 1 heterocycles. The number of aromatic nitrogens is 2. The Balaban J connectivity index is 2.56. The van der Waals surface area contributed by atoms with Gasteiger partial charge in [-0.05, 0) is 24.3 Å². The van der Waals surface area contributed by atoms with Gasteiger partial charge in [-0.25, -0.2) is 4.98 Å². The highest BCUT2D eigenvalue weighted by atomic mass is 16.3. The SMILES string of the molecule is O=c1[nH]ccnc1-c1ccc(O)cc1. The van der Waals surface area contributed by atoms with Gasteiger partial charge in [0.1, 0.15) is 11.4 Å². The molecule has 1 aromatic heterocycles. The van der Waals surface area contributed by atoms with Gasteiger partial charge in [0, 0.05) is 18.0 Å². The molecular weight excluding hydrogens is 180 g/mol. The molecule has 0 saturated heterocycles. The molecule has 70 valence electrons. The van der Waals surface area contributed by atoms with Crippen molar-refractivity contribution in [2.75, 3.05) is 0 Å². The second-order valence-corrected chi connectivity index (χ2v) is 2.81. The minimum Gasteiger partial charge on any atom is -0.508 e. The number of phenolic OH excluding ortho intramolecular Hbond substituents is 1. The summed E-state index contributed by atoms with van der Waals surface area (Å²) in [4.78, 5) is 17.8. The summed E-state index contributed by atoms with van der Waals surface area (Å²) in [6, 6.07) is 6.33. The summed E-state index contributed by atoms with van der Waals surface area (Å²) in [5.41, 5.74) is 0.801. The molecule has 1 aromatic carbocycles. The topological polar surface area (TPSA) is 66.0 Å². The summed E-state index contributed by atoms with van der Waals surface area (Å²) in [6.07, 6.45) is 3.00. The van der Waals surface area contributed by atoms with E-state index in [1.54, 1.807) is 12.1 Å². The Morgan fingerprint density at radius 3 is 2.57 bits per heavy atom. The van der Waals surface area contributed by atoms with Crippen molar-refractivity contribution in [1.82, 2.24) is 9.97 Å². The fraction of sp³-hybridized carbons (Fsp3) is 0. The van der Waals surface area contributed by atoms with Crippen molar-refractivity contribution in [3.05, 3.63) is 47.0 Å². The molecule has 0 aliphatic heterocycles. The molecule has 0 aliphatic rings. The third-order valence-corrected chi connectivity index (χ3v) is 1.85. The zero-order valence-corrected chi connectivity index (χ0v) is 7.27. The number of phenols is 1. The number of aromatic amines is 1. The molecule has 0 bridgehead atoms. The zero-order chi connectivity index (χ0) is 9.97. The van der Waals surface area contributed by atoms with Crippen LogP contribution in [0.4, 0.5) is 0 Å². The number of nitrogens with one attached hydrogen (secondary N) is 1. The third kappa shape index (κ3) is 1.50. The highest BCUT2D eigenvalue weighted by Gasteiger charge is 2.02. The van der Waals surface area contributed by atoms with E-state index in [2.05, 4.69) is 9.97 Å². The van der Waals surface area contributed by atoms with Gasteiger partial charge in [-0.2, -0.15) is 0 Å². The Bertz CT molecular complexity index is 488. The fourth-order valence-electron chi connectivity index (χ4n) is 1.18. The first-order chi connectivity index (χ1) is 6.77. The molecule has 2 rings (SSSR count). The smallest absolute Gasteiger partial charge is 0.274 e. The first kappa shape index (κ1) is 8.50. The molecule has 0 spiro atoms.